The maximum Gasteiger partial charge on any atom is 0.411 e. The molecule has 0 aromatic rings. The van der Waals surface area contributed by atoms with E-state index in [-0.39, 0.29) is 12.0 Å². The summed E-state index contributed by atoms with van der Waals surface area (Å²) in [5, 5.41) is 0.187. The predicted octanol–water partition coefficient (Wildman–Crippen LogP) is 2.51. The lowest BCUT2D eigenvalue weighted by Gasteiger charge is -2.33. The van der Waals surface area contributed by atoms with E-state index in [1.807, 2.05) is 0 Å². The predicted molar refractivity (Wildman–Crippen MR) is 56.7 cm³/mol. The Balaban J connectivity index is 2.10. The number of hydrogen-bond acceptors (Lipinski definition) is 2. The molecule has 0 bridgehead atoms. The average molecular weight is 260 g/mol. The molecule has 1 saturated heterocycles. The quantitative estimate of drug-likeness (QED) is 0.568. The minimum atomic E-state index is -4.23. The lowest BCUT2D eigenvalue weighted by atomic mass is 10.00. The van der Waals surface area contributed by atoms with Crippen molar-refractivity contribution >= 4 is 11.6 Å². The molecule has 1 fully saturated rings. The molecule has 96 valence electrons. The highest BCUT2D eigenvalue weighted by atomic mass is 35.5. The minimum absolute atomic E-state index is 0.124. The van der Waals surface area contributed by atoms with E-state index in [4.69, 9.17) is 11.6 Å². The largest absolute Gasteiger partial charge is 0.411 e. The fourth-order valence-electron chi connectivity index (χ4n) is 1.79. The van der Waals surface area contributed by atoms with Gasteiger partial charge in [-0.15, -0.1) is 11.6 Å². The first-order chi connectivity index (χ1) is 7.38. The monoisotopic (exact) mass is 259 g/mol. The third kappa shape index (κ3) is 5.37. The lowest BCUT2D eigenvalue weighted by molar-refractivity contribution is -0.174. The van der Waals surface area contributed by atoms with Gasteiger partial charge in [-0.1, -0.05) is 6.92 Å². The zero-order valence-electron chi connectivity index (χ0n) is 9.26. The number of likely N-dealkylation sites (tertiary alicyclic amines) is 1. The summed E-state index contributed by atoms with van der Waals surface area (Å²) in [5.41, 5.74) is 0. The highest BCUT2D eigenvalue weighted by Gasteiger charge is 2.28. The van der Waals surface area contributed by atoms with Crippen molar-refractivity contribution in [1.29, 1.82) is 0 Å². The van der Waals surface area contributed by atoms with Gasteiger partial charge in [0.05, 0.1) is 6.61 Å². The zero-order chi connectivity index (χ0) is 12.2. The van der Waals surface area contributed by atoms with Crippen molar-refractivity contribution < 1.29 is 17.9 Å². The Morgan fingerprint density at radius 1 is 1.44 bits per heavy atom. The molecule has 0 saturated carbocycles. The second-order valence-electron chi connectivity index (χ2n) is 4.25. The average Bonchev–Trinajstić information content (AvgIpc) is 2.17. The Hall–Kier alpha value is -0.0000000000000000555. The molecule has 0 aliphatic carbocycles. The van der Waals surface area contributed by atoms with Gasteiger partial charge in [-0.3, -0.25) is 0 Å². The molecule has 1 rings (SSSR count). The number of halogens is 4. The fraction of sp³-hybridized carbons (Fsp3) is 1.00. The number of alkyl halides is 4. The van der Waals surface area contributed by atoms with Crippen LogP contribution >= 0.6 is 11.6 Å². The van der Waals surface area contributed by atoms with Crippen LogP contribution in [0.5, 0.6) is 0 Å². The van der Waals surface area contributed by atoms with Crippen molar-refractivity contribution in [3.63, 3.8) is 0 Å². The van der Waals surface area contributed by atoms with Crippen LogP contribution in [-0.4, -0.2) is 49.3 Å². The molecule has 0 amide bonds. The van der Waals surface area contributed by atoms with E-state index >= 15 is 0 Å². The van der Waals surface area contributed by atoms with Crippen LogP contribution in [0.1, 0.15) is 13.3 Å². The lowest BCUT2D eigenvalue weighted by Crippen LogP contribution is -2.41. The first-order valence-electron chi connectivity index (χ1n) is 5.39. The van der Waals surface area contributed by atoms with Gasteiger partial charge in [0, 0.05) is 18.5 Å². The summed E-state index contributed by atoms with van der Waals surface area (Å²) in [7, 11) is 0. The molecule has 16 heavy (non-hydrogen) atoms. The van der Waals surface area contributed by atoms with E-state index in [1.165, 1.54) is 0 Å². The van der Waals surface area contributed by atoms with Gasteiger partial charge in [0.1, 0.15) is 6.61 Å². The van der Waals surface area contributed by atoms with Crippen LogP contribution in [0.4, 0.5) is 13.2 Å². The van der Waals surface area contributed by atoms with Crippen LogP contribution < -0.4 is 0 Å². The minimum Gasteiger partial charge on any atom is -0.371 e. The number of nitrogens with zero attached hydrogens (tertiary/aromatic N) is 1. The molecule has 0 radical (unpaired) electrons. The van der Waals surface area contributed by atoms with Gasteiger partial charge in [-0.05, 0) is 18.9 Å². The third-order valence-corrected chi connectivity index (χ3v) is 3.35. The Kier molecular flexibility index (Phi) is 5.34. The van der Waals surface area contributed by atoms with Gasteiger partial charge in [0.25, 0.3) is 0 Å². The summed E-state index contributed by atoms with van der Waals surface area (Å²) in [6.45, 7) is 3.25. The molecular weight excluding hydrogens is 243 g/mol. The van der Waals surface area contributed by atoms with Gasteiger partial charge in [0.15, 0.2) is 0 Å². The molecule has 1 aliphatic heterocycles. The highest BCUT2D eigenvalue weighted by Crippen LogP contribution is 2.21. The normalized spacial score (nSPS) is 28.3. The van der Waals surface area contributed by atoms with Gasteiger partial charge >= 0.3 is 6.18 Å². The van der Waals surface area contributed by atoms with Crippen molar-refractivity contribution in [2.45, 2.75) is 24.9 Å². The third-order valence-electron chi connectivity index (χ3n) is 2.70. The summed E-state index contributed by atoms with van der Waals surface area (Å²) >= 11 is 6.05. The van der Waals surface area contributed by atoms with Crippen LogP contribution in [0.25, 0.3) is 0 Å². The van der Waals surface area contributed by atoms with Crippen LogP contribution in [0.3, 0.4) is 0 Å². The fourth-order valence-corrected chi connectivity index (χ4v) is 1.97. The first kappa shape index (κ1) is 14.1. The number of rotatable bonds is 4. The first-order valence-corrected chi connectivity index (χ1v) is 5.83. The number of hydrogen-bond donors (Lipinski definition) is 0. The molecule has 2 unspecified atom stereocenters. The van der Waals surface area contributed by atoms with Crippen molar-refractivity contribution in [2.24, 2.45) is 5.92 Å². The van der Waals surface area contributed by atoms with E-state index < -0.39 is 12.8 Å². The van der Waals surface area contributed by atoms with E-state index in [9.17, 15) is 13.2 Å². The van der Waals surface area contributed by atoms with E-state index in [0.717, 1.165) is 19.5 Å². The van der Waals surface area contributed by atoms with Crippen molar-refractivity contribution in [3.8, 4) is 0 Å². The summed E-state index contributed by atoms with van der Waals surface area (Å²) in [6.07, 6.45) is -3.33. The molecule has 1 heterocycles. The molecule has 0 N–H and O–H groups in total. The zero-order valence-corrected chi connectivity index (χ0v) is 10.0. The topological polar surface area (TPSA) is 12.5 Å². The smallest absolute Gasteiger partial charge is 0.371 e. The summed E-state index contributed by atoms with van der Waals surface area (Å²) in [5.74, 6) is 0.387. The number of ether oxygens (including phenoxy) is 1. The van der Waals surface area contributed by atoms with Crippen molar-refractivity contribution in [3.05, 3.63) is 0 Å². The van der Waals surface area contributed by atoms with Crippen LogP contribution in [0.2, 0.25) is 0 Å². The van der Waals surface area contributed by atoms with Crippen molar-refractivity contribution in [2.75, 3.05) is 32.8 Å². The molecule has 0 aromatic heterocycles. The Bertz CT molecular complexity index is 213. The molecule has 6 heteroatoms. The number of piperidine rings is 1. The standard InChI is InChI=1S/C10H17ClF3NO/c1-8-6-15(3-2-9(8)11)4-5-16-7-10(12,13)14/h8-9H,2-7H2,1H3. The SMILES string of the molecule is CC1CN(CCOCC(F)(F)F)CCC1Cl. The molecule has 2 nitrogen and oxygen atoms in total. The van der Waals surface area contributed by atoms with Gasteiger partial charge < -0.3 is 9.64 Å². The second kappa shape index (κ2) is 6.07. The second-order valence-corrected chi connectivity index (χ2v) is 4.81. The Morgan fingerprint density at radius 3 is 2.69 bits per heavy atom. The molecule has 0 aromatic carbocycles. The molecule has 2 atom stereocenters. The molecule has 1 aliphatic rings. The van der Waals surface area contributed by atoms with Gasteiger partial charge in [0.2, 0.25) is 0 Å². The van der Waals surface area contributed by atoms with Gasteiger partial charge in [-0.2, -0.15) is 13.2 Å². The van der Waals surface area contributed by atoms with E-state index in [0.29, 0.717) is 12.5 Å². The van der Waals surface area contributed by atoms with Crippen LogP contribution in [0, 0.1) is 5.92 Å². The maximum atomic E-state index is 11.8. The Morgan fingerprint density at radius 2 is 2.12 bits per heavy atom. The highest BCUT2D eigenvalue weighted by molar-refractivity contribution is 6.20. The molecular formula is C10H17ClF3NO. The summed E-state index contributed by atoms with van der Waals surface area (Å²) in [6, 6.07) is 0. The maximum absolute atomic E-state index is 11.8. The van der Waals surface area contributed by atoms with Crippen LogP contribution in [-0.2, 0) is 4.74 Å². The molecule has 0 spiro atoms. The van der Waals surface area contributed by atoms with E-state index in [2.05, 4.69) is 16.6 Å². The summed E-state index contributed by atoms with van der Waals surface area (Å²) in [4.78, 5) is 2.10. The van der Waals surface area contributed by atoms with Crippen LogP contribution in [0.15, 0.2) is 0 Å². The Labute approximate surface area is 98.7 Å². The van der Waals surface area contributed by atoms with E-state index in [1.54, 1.807) is 0 Å². The van der Waals surface area contributed by atoms with Crippen molar-refractivity contribution in [1.82, 2.24) is 4.90 Å². The van der Waals surface area contributed by atoms with Gasteiger partial charge in [-0.25, -0.2) is 0 Å². The summed E-state index contributed by atoms with van der Waals surface area (Å²) < 4.78 is 39.9.